The van der Waals surface area contributed by atoms with Crippen LogP contribution in [0.3, 0.4) is 0 Å². The van der Waals surface area contributed by atoms with E-state index in [0.717, 1.165) is 17.7 Å². The van der Waals surface area contributed by atoms with Crippen LogP contribution in [0.2, 0.25) is 5.02 Å². The number of pyridine rings is 1. The molecule has 29 heavy (non-hydrogen) atoms. The van der Waals surface area contributed by atoms with Gasteiger partial charge in [0.2, 0.25) is 0 Å². The average Bonchev–Trinajstić information content (AvgIpc) is 3.13. The summed E-state index contributed by atoms with van der Waals surface area (Å²) in [6.07, 6.45) is 3.35. The molecule has 8 heteroatoms. The van der Waals surface area contributed by atoms with Crippen LogP contribution in [0.5, 0.6) is 5.75 Å². The summed E-state index contributed by atoms with van der Waals surface area (Å²) < 4.78 is 5.96. The SMILES string of the molecule is CN(C)CCN(C)C(=O)c1cc(-c2ccncc2)c(-c2ccc(Cl)c(O)c2)o1.Cl. The van der Waals surface area contributed by atoms with Crippen LogP contribution >= 0.6 is 24.0 Å². The van der Waals surface area contributed by atoms with Gasteiger partial charge in [0.15, 0.2) is 5.76 Å². The lowest BCUT2D eigenvalue weighted by molar-refractivity contribution is 0.0756. The highest BCUT2D eigenvalue weighted by Gasteiger charge is 2.22. The lowest BCUT2D eigenvalue weighted by atomic mass is 10.0. The molecule has 0 aliphatic rings. The van der Waals surface area contributed by atoms with Gasteiger partial charge >= 0.3 is 0 Å². The van der Waals surface area contributed by atoms with Gasteiger partial charge in [-0.25, -0.2) is 0 Å². The maximum atomic E-state index is 12.8. The molecule has 0 bridgehead atoms. The van der Waals surface area contributed by atoms with Crippen molar-refractivity contribution in [1.82, 2.24) is 14.8 Å². The van der Waals surface area contributed by atoms with Crippen molar-refractivity contribution in [2.75, 3.05) is 34.2 Å². The zero-order valence-corrected chi connectivity index (χ0v) is 18.0. The van der Waals surface area contributed by atoms with Crippen molar-refractivity contribution in [3.8, 4) is 28.2 Å². The van der Waals surface area contributed by atoms with Crippen LogP contribution in [0.25, 0.3) is 22.5 Å². The Labute approximate surface area is 181 Å². The molecule has 2 heterocycles. The number of aromatic hydroxyl groups is 1. The molecule has 1 N–H and O–H groups in total. The molecular weight excluding hydrogens is 413 g/mol. The molecular formula is C21H23Cl2N3O3. The normalized spacial score (nSPS) is 10.7. The third kappa shape index (κ3) is 5.29. The van der Waals surface area contributed by atoms with E-state index in [0.29, 0.717) is 17.9 Å². The van der Waals surface area contributed by atoms with Gasteiger partial charge in [-0.05, 0) is 56.1 Å². The number of rotatable bonds is 6. The van der Waals surface area contributed by atoms with E-state index in [4.69, 9.17) is 16.0 Å². The number of benzene rings is 1. The van der Waals surface area contributed by atoms with Gasteiger partial charge in [0.1, 0.15) is 11.5 Å². The third-order valence-electron chi connectivity index (χ3n) is 4.37. The van der Waals surface area contributed by atoms with Gasteiger partial charge in [0, 0.05) is 43.7 Å². The lowest BCUT2D eigenvalue weighted by Gasteiger charge is -2.18. The Bertz CT molecular complexity index is 975. The van der Waals surface area contributed by atoms with Crippen molar-refractivity contribution in [1.29, 1.82) is 0 Å². The molecule has 1 amide bonds. The Kier molecular flexibility index (Phi) is 7.67. The maximum absolute atomic E-state index is 12.8. The highest BCUT2D eigenvalue weighted by molar-refractivity contribution is 6.32. The molecule has 0 fully saturated rings. The Morgan fingerprint density at radius 3 is 2.38 bits per heavy atom. The number of halogens is 2. The molecule has 0 unspecified atom stereocenters. The first-order chi connectivity index (χ1) is 13.4. The fourth-order valence-corrected chi connectivity index (χ4v) is 2.87. The van der Waals surface area contributed by atoms with E-state index in [-0.39, 0.29) is 34.8 Å². The third-order valence-corrected chi connectivity index (χ3v) is 4.69. The summed E-state index contributed by atoms with van der Waals surface area (Å²) in [5.41, 5.74) is 2.23. The fourth-order valence-electron chi connectivity index (χ4n) is 2.75. The van der Waals surface area contributed by atoms with Gasteiger partial charge in [0.05, 0.1) is 5.02 Å². The largest absolute Gasteiger partial charge is 0.506 e. The molecule has 3 rings (SSSR count). The molecule has 1 aromatic carbocycles. The highest BCUT2D eigenvalue weighted by atomic mass is 35.5. The number of amides is 1. The van der Waals surface area contributed by atoms with Gasteiger partial charge in [-0.2, -0.15) is 0 Å². The van der Waals surface area contributed by atoms with Crippen LogP contribution < -0.4 is 0 Å². The second-order valence-electron chi connectivity index (χ2n) is 6.79. The molecule has 154 valence electrons. The van der Waals surface area contributed by atoms with Crippen molar-refractivity contribution in [2.45, 2.75) is 0 Å². The number of carbonyl (C=O) groups is 1. The Balaban J connectivity index is 0.00000300. The minimum atomic E-state index is -0.207. The van der Waals surface area contributed by atoms with Gasteiger partial charge in [-0.15, -0.1) is 12.4 Å². The van der Waals surface area contributed by atoms with E-state index < -0.39 is 0 Å². The summed E-state index contributed by atoms with van der Waals surface area (Å²) in [6, 6.07) is 10.3. The maximum Gasteiger partial charge on any atom is 0.289 e. The van der Waals surface area contributed by atoms with Gasteiger partial charge in [0.25, 0.3) is 5.91 Å². The number of nitrogens with zero attached hydrogens (tertiary/aromatic N) is 3. The van der Waals surface area contributed by atoms with E-state index in [1.807, 2.05) is 31.1 Å². The number of phenolic OH excluding ortho intramolecular Hbond substituents is 1. The number of phenols is 1. The lowest BCUT2D eigenvalue weighted by Crippen LogP contribution is -2.33. The number of likely N-dealkylation sites (N-methyl/N-ethyl adjacent to an activating group) is 2. The number of furan rings is 1. The smallest absolute Gasteiger partial charge is 0.289 e. The highest BCUT2D eigenvalue weighted by Crippen LogP contribution is 2.38. The molecule has 0 saturated carbocycles. The quantitative estimate of drug-likeness (QED) is 0.620. The molecule has 0 saturated heterocycles. The van der Waals surface area contributed by atoms with Gasteiger partial charge in [-0.3, -0.25) is 9.78 Å². The summed E-state index contributed by atoms with van der Waals surface area (Å²) in [7, 11) is 5.66. The van der Waals surface area contributed by atoms with Crippen molar-refractivity contribution in [3.05, 3.63) is 59.6 Å². The van der Waals surface area contributed by atoms with Crippen LogP contribution in [0.4, 0.5) is 0 Å². The molecule has 0 aliphatic carbocycles. The first-order valence-electron chi connectivity index (χ1n) is 8.80. The number of aromatic nitrogens is 1. The monoisotopic (exact) mass is 435 g/mol. The minimum absolute atomic E-state index is 0. The number of hydrogen-bond donors (Lipinski definition) is 1. The Hall–Kier alpha value is -2.54. The molecule has 0 aliphatic heterocycles. The van der Waals surface area contributed by atoms with Crippen molar-refractivity contribution >= 4 is 29.9 Å². The van der Waals surface area contributed by atoms with Crippen molar-refractivity contribution in [3.63, 3.8) is 0 Å². The Morgan fingerprint density at radius 2 is 1.76 bits per heavy atom. The van der Waals surface area contributed by atoms with Crippen molar-refractivity contribution in [2.24, 2.45) is 0 Å². The molecule has 6 nitrogen and oxygen atoms in total. The summed E-state index contributed by atoms with van der Waals surface area (Å²) in [6.45, 7) is 1.33. The zero-order chi connectivity index (χ0) is 20.3. The van der Waals surface area contributed by atoms with Crippen LogP contribution in [-0.4, -0.2) is 60.0 Å². The molecule has 0 spiro atoms. The van der Waals surface area contributed by atoms with Gasteiger partial charge in [-0.1, -0.05) is 11.6 Å². The standard InChI is InChI=1S/C21H22ClN3O3.ClH/c1-24(2)10-11-25(3)21(27)19-13-16(14-6-8-23-9-7-14)20(28-19)15-4-5-17(22)18(26)12-15;/h4-9,12-13,26H,10-11H2,1-3H3;1H. The van der Waals surface area contributed by atoms with E-state index in [9.17, 15) is 9.90 Å². The summed E-state index contributed by atoms with van der Waals surface area (Å²) in [4.78, 5) is 20.5. The molecule has 0 atom stereocenters. The second kappa shape index (κ2) is 9.78. The van der Waals surface area contributed by atoms with E-state index in [2.05, 4.69) is 4.98 Å². The van der Waals surface area contributed by atoms with Crippen LogP contribution in [0.1, 0.15) is 10.6 Å². The topological polar surface area (TPSA) is 69.8 Å². The Morgan fingerprint density at radius 1 is 1.07 bits per heavy atom. The van der Waals surface area contributed by atoms with Crippen LogP contribution in [0, 0.1) is 0 Å². The predicted octanol–water partition coefficient (Wildman–Crippen LogP) is 4.42. The first kappa shape index (κ1) is 22.7. The summed E-state index contributed by atoms with van der Waals surface area (Å²) >= 11 is 5.93. The van der Waals surface area contributed by atoms with E-state index >= 15 is 0 Å². The second-order valence-corrected chi connectivity index (χ2v) is 7.19. The fraction of sp³-hybridized carbons (Fsp3) is 0.238. The van der Waals surface area contributed by atoms with Crippen LogP contribution in [-0.2, 0) is 0 Å². The number of carbonyl (C=O) groups excluding carboxylic acids is 1. The average molecular weight is 436 g/mol. The summed E-state index contributed by atoms with van der Waals surface area (Å²) in [5, 5.41) is 10.2. The predicted molar refractivity (Wildman–Crippen MR) is 117 cm³/mol. The van der Waals surface area contributed by atoms with Gasteiger partial charge < -0.3 is 19.3 Å². The molecule has 2 aromatic heterocycles. The minimum Gasteiger partial charge on any atom is -0.506 e. The molecule has 0 radical (unpaired) electrons. The van der Waals surface area contributed by atoms with E-state index in [1.165, 1.54) is 6.07 Å². The van der Waals surface area contributed by atoms with Crippen molar-refractivity contribution < 1.29 is 14.3 Å². The molecule has 3 aromatic rings. The first-order valence-corrected chi connectivity index (χ1v) is 9.18. The van der Waals surface area contributed by atoms with Crippen LogP contribution in [0.15, 0.2) is 53.2 Å². The summed E-state index contributed by atoms with van der Waals surface area (Å²) in [5.74, 6) is 0.467. The number of hydrogen-bond acceptors (Lipinski definition) is 5. The van der Waals surface area contributed by atoms with E-state index in [1.54, 1.807) is 42.5 Å². The zero-order valence-electron chi connectivity index (χ0n) is 16.4.